The molecule has 0 saturated carbocycles. The zero-order valence-electron chi connectivity index (χ0n) is 9.33. The van der Waals surface area contributed by atoms with Gasteiger partial charge in [0.15, 0.2) is 0 Å². The predicted octanol–water partition coefficient (Wildman–Crippen LogP) is 1.00. The van der Waals surface area contributed by atoms with Gasteiger partial charge in [0.2, 0.25) is 0 Å². The third kappa shape index (κ3) is 3.08. The van der Waals surface area contributed by atoms with Crippen molar-refractivity contribution in [2.75, 3.05) is 26.7 Å². The van der Waals surface area contributed by atoms with E-state index in [0.29, 0.717) is 18.7 Å². The quantitative estimate of drug-likeness (QED) is 0.685. The first-order valence-corrected chi connectivity index (χ1v) is 5.28. The summed E-state index contributed by atoms with van der Waals surface area (Å²) in [6, 6.07) is 0.463. The van der Waals surface area contributed by atoms with E-state index < -0.39 is 0 Å². The fraction of sp³-hybridized carbons (Fsp3) is 0.818. The average molecular weight is 198 g/mol. The van der Waals surface area contributed by atoms with Gasteiger partial charge in [0, 0.05) is 32.8 Å². The van der Waals surface area contributed by atoms with Crippen LogP contribution in [0.1, 0.15) is 19.8 Å². The lowest BCUT2D eigenvalue weighted by atomic mass is 9.99. The Hall–Kier alpha value is -0.380. The maximum Gasteiger partial charge on any atom is 0.0599 e. The summed E-state index contributed by atoms with van der Waals surface area (Å²) < 4.78 is 5.37. The summed E-state index contributed by atoms with van der Waals surface area (Å²) in [6.45, 7) is 8.77. The van der Waals surface area contributed by atoms with Crippen molar-refractivity contribution in [3.8, 4) is 0 Å². The number of piperidine rings is 1. The van der Waals surface area contributed by atoms with Crippen molar-refractivity contribution >= 4 is 0 Å². The van der Waals surface area contributed by atoms with Crippen LogP contribution < -0.4 is 5.73 Å². The Morgan fingerprint density at radius 1 is 1.64 bits per heavy atom. The van der Waals surface area contributed by atoms with Gasteiger partial charge in [0.1, 0.15) is 0 Å². The number of nitrogens with two attached hydrogens (primary N) is 1. The van der Waals surface area contributed by atoms with Gasteiger partial charge in [-0.15, -0.1) is 0 Å². The highest BCUT2D eigenvalue weighted by Gasteiger charge is 2.26. The van der Waals surface area contributed by atoms with E-state index in [9.17, 15) is 0 Å². The van der Waals surface area contributed by atoms with Gasteiger partial charge < -0.3 is 10.5 Å². The van der Waals surface area contributed by atoms with E-state index in [1.807, 2.05) is 0 Å². The highest BCUT2D eigenvalue weighted by atomic mass is 16.5. The Kier molecular flexibility index (Phi) is 4.58. The summed E-state index contributed by atoms with van der Waals surface area (Å²) in [6.07, 6.45) is 2.56. The number of ether oxygens (including phenoxy) is 1. The summed E-state index contributed by atoms with van der Waals surface area (Å²) in [7, 11) is 1.78. The number of hydrogen-bond donors (Lipinski definition) is 1. The molecule has 1 aliphatic heterocycles. The van der Waals surface area contributed by atoms with Crippen molar-refractivity contribution in [2.24, 2.45) is 5.73 Å². The maximum atomic E-state index is 5.76. The molecule has 0 aromatic carbocycles. The molecule has 1 saturated heterocycles. The minimum Gasteiger partial charge on any atom is -0.381 e. The van der Waals surface area contributed by atoms with Crippen LogP contribution in [-0.2, 0) is 4.74 Å². The summed E-state index contributed by atoms with van der Waals surface area (Å²) >= 11 is 0. The smallest absolute Gasteiger partial charge is 0.0599 e. The second kappa shape index (κ2) is 5.49. The number of rotatable bonds is 4. The first kappa shape index (κ1) is 11.7. The lowest BCUT2D eigenvalue weighted by Gasteiger charge is -2.38. The average Bonchev–Trinajstić information content (AvgIpc) is 2.17. The third-order valence-corrected chi connectivity index (χ3v) is 2.87. The van der Waals surface area contributed by atoms with Gasteiger partial charge in [0.25, 0.3) is 0 Å². The van der Waals surface area contributed by atoms with Gasteiger partial charge in [-0.3, -0.25) is 4.90 Å². The SMILES string of the molecule is C=C(C)CN1CCC(OC)CC1CN. The van der Waals surface area contributed by atoms with Crippen LogP contribution in [0, 0.1) is 0 Å². The fourth-order valence-corrected chi connectivity index (χ4v) is 2.08. The van der Waals surface area contributed by atoms with Crippen LogP contribution in [0.2, 0.25) is 0 Å². The molecule has 3 nitrogen and oxygen atoms in total. The minimum absolute atomic E-state index is 0.393. The van der Waals surface area contributed by atoms with E-state index in [2.05, 4.69) is 18.4 Å². The van der Waals surface area contributed by atoms with Gasteiger partial charge in [-0.1, -0.05) is 12.2 Å². The molecule has 0 aromatic heterocycles. The largest absolute Gasteiger partial charge is 0.381 e. The molecule has 0 amide bonds. The number of nitrogens with zero attached hydrogens (tertiary/aromatic N) is 1. The Morgan fingerprint density at radius 2 is 2.36 bits per heavy atom. The van der Waals surface area contributed by atoms with Crippen molar-refractivity contribution in [3.05, 3.63) is 12.2 Å². The van der Waals surface area contributed by atoms with Gasteiger partial charge in [-0.25, -0.2) is 0 Å². The topological polar surface area (TPSA) is 38.5 Å². The van der Waals surface area contributed by atoms with Gasteiger partial charge in [0.05, 0.1) is 6.10 Å². The first-order valence-electron chi connectivity index (χ1n) is 5.28. The van der Waals surface area contributed by atoms with Crippen molar-refractivity contribution in [2.45, 2.75) is 31.9 Å². The highest BCUT2D eigenvalue weighted by Crippen LogP contribution is 2.19. The van der Waals surface area contributed by atoms with E-state index in [4.69, 9.17) is 10.5 Å². The second-order valence-electron chi connectivity index (χ2n) is 4.20. The molecule has 0 aliphatic carbocycles. The summed E-state index contributed by atoms with van der Waals surface area (Å²) in [5.74, 6) is 0. The molecule has 3 heteroatoms. The van der Waals surface area contributed by atoms with Crippen molar-refractivity contribution < 1.29 is 4.74 Å². The molecule has 0 aromatic rings. The normalized spacial score (nSPS) is 29.1. The monoisotopic (exact) mass is 198 g/mol. The summed E-state index contributed by atoms with van der Waals surface area (Å²) in [4.78, 5) is 2.41. The summed E-state index contributed by atoms with van der Waals surface area (Å²) in [5.41, 5.74) is 6.97. The van der Waals surface area contributed by atoms with Crippen molar-refractivity contribution in [1.82, 2.24) is 4.90 Å². The minimum atomic E-state index is 0.393. The van der Waals surface area contributed by atoms with E-state index in [1.165, 1.54) is 5.57 Å². The molecule has 14 heavy (non-hydrogen) atoms. The third-order valence-electron chi connectivity index (χ3n) is 2.87. The van der Waals surface area contributed by atoms with Crippen LogP contribution in [-0.4, -0.2) is 43.8 Å². The first-order chi connectivity index (χ1) is 6.67. The number of likely N-dealkylation sites (tertiary alicyclic amines) is 1. The summed E-state index contributed by atoms with van der Waals surface area (Å²) in [5, 5.41) is 0. The van der Waals surface area contributed by atoms with Crippen LogP contribution in [0.15, 0.2) is 12.2 Å². The molecule has 1 heterocycles. The van der Waals surface area contributed by atoms with E-state index >= 15 is 0 Å². The number of methoxy groups -OCH3 is 1. The molecule has 82 valence electrons. The van der Waals surface area contributed by atoms with E-state index in [1.54, 1.807) is 7.11 Å². The Labute approximate surface area is 86.9 Å². The lowest BCUT2D eigenvalue weighted by molar-refractivity contribution is 0.0168. The maximum absolute atomic E-state index is 5.76. The predicted molar refractivity (Wildman–Crippen MR) is 59.3 cm³/mol. The standard InChI is InChI=1S/C11H22N2O/c1-9(2)8-13-5-4-11(14-3)6-10(13)7-12/h10-11H,1,4-8,12H2,2-3H3. The zero-order valence-corrected chi connectivity index (χ0v) is 9.33. The second-order valence-corrected chi connectivity index (χ2v) is 4.20. The molecule has 0 radical (unpaired) electrons. The molecule has 1 fully saturated rings. The van der Waals surface area contributed by atoms with Crippen molar-refractivity contribution in [3.63, 3.8) is 0 Å². The zero-order chi connectivity index (χ0) is 10.6. The van der Waals surface area contributed by atoms with Crippen LogP contribution in [0.4, 0.5) is 0 Å². The van der Waals surface area contributed by atoms with Crippen LogP contribution in [0.25, 0.3) is 0 Å². The molecular formula is C11H22N2O. The Morgan fingerprint density at radius 3 is 2.86 bits per heavy atom. The molecular weight excluding hydrogens is 176 g/mol. The van der Waals surface area contributed by atoms with E-state index in [-0.39, 0.29) is 0 Å². The van der Waals surface area contributed by atoms with Crippen LogP contribution >= 0.6 is 0 Å². The highest BCUT2D eigenvalue weighted by molar-refractivity contribution is 4.95. The molecule has 1 aliphatic rings. The molecule has 1 rings (SSSR count). The van der Waals surface area contributed by atoms with E-state index in [0.717, 1.165) is 25.9 Å². The molecule has 0 spiro atoms. The Balaban J connectivity index is 2.47. The molecule has 0 bridgehead atoms. The van der Waals surface area contributed by atoms with Crippen LogP contribution in [0.3, 0.4) is 0 Å². The fourth-order valence-electron chi connectivity index (χ4n) is 2.08. The van der Waals surface area contributed by atoms with Crippen molar-refractivity contribution in [1.29, 1.82) is 0 Å². The lowest BCUT2D eigenvalue weighted by Crippen LogP contribution is -2.48. The molecule has 2 atom stereocenters. The molecule has 2 N–H and O–H groups in total. The van der Waals surface area contributed by atoms with Crippen LogP contribution in [0.5, 0.6) is 0 Å². The van der Waals surface area contributed by atoms with Gasteiger partial charge in [-0.2, -0.15) is 0 Å². The van der Waals surface area contributed by atoms with Gasteiger partial charge >= 0.3 is 0 Å². The number of hydrogen-bond acceptors (Lipinski definition) is 3. The Bertz CT molecular complexity index is 194. The van der Waals surface area contributed by atoms with Gasteiger partial charge in [-0.05, 0) is 19.8 Å². The molecule has 2 unspecified atom stereocenters.